The molecular weight excluding hydrogens is 288 g/mol. The second-order valence-electron chi connectivity index (χ2n) is 5.70. The average Bonchev–Trinajstić information content (AvgIpc) is 3.06. The molecule has 0 radical (unpaired) electrons. The van der Waals surface area contributed by atoms with Gasteiger partial charge in [0.1, 0.15) is 5.82 Å². The molecule has 5 nitrogen and oxygen atoms in total. The van der Waals surface area contributed by atoms with Crippen molar-refractivity contribution >= 4 is 23.3 Å². The number of fused-ring (bicyclic) bond motifs is 1. The summed E-state index contributed by atoms with van der Waals surface area (Å²) in [6.07, 6.45) is 5.04. The minimum atomic E-state index is -0.0776. The Morgan fingerprint density at radius 2 is 2.33 bits per heavy atom. The zero-order valence-electron chi connectivity index (χ0n) is 12.2. The normalized spacial score (nSPS) is 24.9. The fraction of sp³-hybridized carbons (Fsp3) is 0.600. The molecule has 0 bridgehead atoms. The molecule has 0 saturated carbocycles. The molecule has 0 aromatic carbocycles. The van der Waals surface area contributed by atoms with Crippen LogP contribution in [0.5, 0.6) is 0 Å². The van der Waals surface area contributed by atoms with Crippen LogP contribution in [-0.2, 0) is 0 Å². The zero-order valence-corrected chi connectivity index (χ0v) is 13.0. The molecule has 3 heterocycles. The summed E-state index contributed by atoms with van der Waals surface area (Å²) < 4.78 is 0. The highest BCUT2D eigenvalue weighted by molar-refractivity contribution is 6.33. The maximum absolute atomic E-state index is 12.4. The van der Waals surface area contributed by atoms with Crippen molar-refractivity contribution in [3.63, 3.8) is 0 Å². The van der Waals surface area contributed by atoms with E-state index in [4.69, 9.17) is 11.6 Å². The summed E-state index contributed by atoms with van der Waals surface area (Å²) >= 11 is 6.14. The van der Waals surface area contributed by atoms with Crippen LogP contribution >= 0.6 is 11.6 Å². The van der Waals surface area contributed by atoms with Gasteiger partial charge in [0.05, 0.1) is 10.6 Å². The van der Waals surface area contributed by atoms with Gasteiger partial charge in [-0.3, -0.25) is 9.69 Å². The molecule has 1 amide bonds. The third kappa shape index (κ3) is 2.99. The molecule has 2 fully saturated rings. The first-order valence-electron chi connectivity index (χ1n) is 7.63. The second kappa shape index (κ2) is 6.20. The maximum atomic E-state index is 12.4. The second-order valence-corrected chi connectivity index (χ2v) is 6.11. The van der Waals surface area contributed by atoms with E-state index < -0.39 is 0 Å². The van der Waals surface area contributed by atoms with Gasteiger partial charge in [-0.2, -0.15) is 0 Å². The van der Waals surface area contributed by atoms with Crippen molar-refractivity contribution in [2.45, 2.75) is 38.3 Å². The van der Waals surface area contributed by atoms with Crippen LogP contribution in [0.4, 0.5) is 5.82 Å². The van der Waals surface area contributed by atoms with E-state index in [1.165, 1.54) is 19.4 Å². The molecule has 2 unspecified atom stereocenters. The summed E-state index contributed by atoms with van der Waals surface area (Å²) in [5.74, 6) is 0.546. The summed E-state index contributed by atoms with van der Waals surface area (Å²) in [6.45, 7) is 4.99. The van der Waals surface area contributed by atoms with Crippen molar-refractivity contribution in [1.29, 1.82) is 0 Å². The predicted octanol–water partition coefficient (Wildman–Crippen LogP) is 2.13. The Kier molecular flexibility index (Phi) is 4.31. The van der Waals surface area contributed by atoms with Crippen LogP contribution in [0.1, 0.15) is 36.5 Å². The van der Waals surface area contributed by atoms with Gasteiger partial charge in [-0.1, -0.05) is 11.6 Å². The maximum Gasteiger partial charge on any atom is 0.253 e. The van der Waals surface area contributed by atoms with E-state index in [0.717, 1.165) is 19.5 Å². The van der Waals surface area contributed by atoms with Gasteiger partial charge >= 0.3 is 0 Å². The van der Waals surface area contributed by atoms with E-state index in [1.54, 1.807) is 12.3 Å². The number of halogens is 1. The van der Waals surface area contributed by atoms with Gasteiger partial charge in [-0.15, -0.1) is 0 Å². The van der Waals surface area contributed by atoms with Gasteiger partial charge in [0.15, 0.2) is 0 Å². The van der Waals surface area contributed by atoms with Crippen LogP contribution in [0.15, 0.2) is 12.3 Å². The first-order chi connectivity index (χ1) is 10.2. The van der Waals surface area contributed by atoms with Crippen LogP contribution in [-0.4, -0.2) is 47.5 Å². The van der Waals surface area contributed by atoms with Gasteiger partial charge in [-0.25, -0.2) is 4.98 Å². The molecular formula is C15H21ClN4O. The van der Waals surface area contributed by atoms with E-state index in [0.29, 0.717) is 22.4 Å². The number of rotatable bonds is 4. The topological polar surface area (TPSA) is 57.3 Å². The van der Waals surface area contributed by atoms with Crippen LogP contribution in [0, 0.1) is 0 Å². The smallest absolute Gasteiger partial charge is 0.253 e. The van der Waals surface area contributed by atoms with Crippen molar-refractivity contribution in [3.8, 4) is 0 Å². The number of nitrogens with one attached hydrogen (secondary N) is 2. The number of amides is 1. The highest BCUT2D eigenvalue weighted by Crippen LogP contribution is 2.28. The summed E-state index contributed by atoms with van der Waals surface area (Å²) in [4.78, 5) is 19.1. The van der Waals surface area contributed by atoms with Gasteiger partial charge in [0, 0.05) is 31.4 Å². The molecule has 3 rings (SSSR count). The molecule has 2 aliphatic rings. The minimum absolute atomic E-state index is 0.0776. The molecule has 2 atom stereocenters. The lowest BCUT2D eigenvalue weighted by atomic mass is 10.1. The quantitative estimate of drug-likeness (QED) is 0.895. The average molecular weight is 309 g/mol. The monoisotopic (exact) mass is 308 g/mol. The molecule has 0 aliphatic carbocycles. The van der Waals surface area contributed by atoms with Crippen molar-refractivity contribution in [3.05, 3.63) is 22.8 Å². The van der Waals surface area contributed by atoms with Crippen molar-refractivity contribution in [2.24, 2.45) is 0 Å². The standard InChI is InChI=1S/C15H21ClN4O/c1-2-17-14-11(16)8-10(9-18-14)15(21)19-12-5-7-20-6-3-4-13(12)20/h8-9,12-13H,2-7H2,1H3,(H,17,18)(H,19,21). The lowest BCUT2D eigenvalue weighted by molar-refractivity contribution is 0.0929. The van der Waals surface area contributed by atoms with Gasteiger partial charge < -0.3 is 10.6 Å². The Bertz CT molecular complexity index is 536. The third-order valence-electron chi connectivity index (χ3n) is 4.37. The highest BCUT2D eigenvalue weighted by atomic mass is 35.5. The number of hydrogen-bond donors (Lipinski definition) is 2. The van der Waals surface area contributed by atoms with Crippen molar-refractivity contribution in [2.75, 3.05) is 25.0 Å². The number of aromatic nitrogens is 1. The third-order valence-corrected chi connectivity index (χ3v) is 4.66. The predicted molar refractivity (Wildman–Crippen MR) is 83.9 cm³/mol. The molecule has 21 heavy (non-hydrogen) atoms. The lowest BCUT2D eigenvalue weighted by Gasteiger charge is -2.21. The first-order valence-corrected chi connectivity index (χ1v) is 8.01. The van der Waals surface area contributed by atoms with Gasteiger partial charge in [0.25, 0.3) is 5.91 Å². The lowest BCUT2D eigenvalue weighted by Crippen LogP contribution is -2.42. The van der Waals surface area contributed by atoms with Crippen LogP contribution in [0.25, 0.3) is 0 Å². The molecule has 2 N–H and O–H groups in total. The largest absolute Gasteiger partial charge is 0.369 e. The number of carbonyl (C=O) groups is 1. The van der Waals surface area contributed by atoms with Gasteiger partial charge in [-0.05, 0) is 38.8 Å². The molecule has 2 aliphatic heterocycles. The molecule has 0 spiro atoms. The zero-order chi connectivity index (χ0) is 14.8. The number of anilines is 1. The van der Waals surface area contributed by atoms with Crippen molar-refractivity contribution < 1.29 is 4.79 Å². The van der Waals surface area contributed by atoms with E-state index >= 15 is 0 Å². The Morgan fingerprint density at radius 3 is 3.10 bits per heavy atom. The summed E-state index contributed by atoms with van der Waals surface area (Å²) in [5, 5.41) is 6.69. The summed E-state index contributed by atoms with van der Waals surface area (Å²) in [7, 11) is 0. The van der Waals surface area contributed by atoms with E-state index in [1.807, 2.05) is 6.92 Å². The Labute approximate surface area is 130 Å². The molecule has 1 aromatic heterocycles. The number of carbonyl (C=O) groups excluding carboxylic acids is 1. The number of pyridine rings is 1. The van der Waals surface area contributed by atoms with Crippen LogP contribution in [0.3, 0.4) is 0 Å². The number of hydrogen-bond acceptors (Lipinski definition) is 4. The van der Waals surface area contributed by atoms with E-state index in [9.17, 15) is 4.79 Å². The summed E-state index contributed by atoms with van der Waals surface area (Å²) in [5.41, 5.74) is 0.526. The van der Waals surface area contributed by atoms with E-state index in [-0.39, 0.29) is 11.9 Å². The SMILES string of the molecule is CCNc1ncc(C(=O)NC2CCN3CCCC23)cc1Cl. The first kappa shape index (κ1) is 14.6. The van der Waals surface area contributed by atoms with Crippen LogP contribution in [0.2, 0.25) is 5.02 Å². The minimum Gasteiger partial charge on any atom is -0.369 e. The molecule has 6 heteroatoms. The van der Waals surface area contributed by atoms with Crippen LogP contribution < -0.4 is 10.6 Å². The number of nitrogens with zero attached hydrogens (tertiary/aromatic N) is 2. The van der Waals surface area contributed by atoms with Crippen molar-refractivity contribution in [1.82, 2.24) is 15.2 Å². The Hall–Kier alpha value is -1.33. The van der Waals surface area contributed by atoms with Gasteiger partial charge in [0.2, 0.25) is 0 Å². The molecule has 114 valence electrons. The summed E-state index contributed by atoms with van der Waals surface area (Å²) in [6, 6.07) is 2.45. The fourth-order valence-electron chi connectivity index (χ4n) is 3.36. The Morgan fingerprint density at radius 1 is 1.48 bits per heavy atom. The molecule has 1 aromatic rings. The Balaban J connectivity index is 1.66. The van der Waals surface area contributed by atoms with E-state index in [2.05, 4.69) is 20.5 Å². The molecule has 2 saturated heterocycles. The fourth-order valence-corrected chi connectivity index (χ4v) is 3.60. The highest BCUT2D eigenvalue weighted by Gasteiger charge is 2.37.